The maximum atomic E-state index is 2.32. The van der Waals surface area contributed by atoms with E-state index in [1.165, 1.54) is 64.2 Å². The summed E-state index contributed by atoms with van der Waals surface area (Å²) in [5.74, 6) is 4.40. The summed E-state index contributed by atoms with van der Waals surface area (Å²) in [6, 6.07) is 0. The zero-order valence-electron chi connectivity index (χ0n) is 18.5. The fraction of sp³-hybridized carbons (Fsp3) is 1.00. The highest BCUT2D eigenvalue weighted by Gasteiger charge is 2.30. The lowest BCUT2D eigenvalue weighted by atomic mass is 9.68. The van der Waals surface area contributed by atoms with E-state index in [4.69, 9.17) is 0 Å². The molecule has 0 amide bonds. The van der Waals surface area contributed by atoms with Crippen molar-refractivity contribution in [2.45, 2.75) is 142 Å². The molecule has 0 N–H and O–H groups in total. The zero-order valence-corrected chi connectivity index (χ0v) is 18.5. The lowest BCUT2D eigenvalue weighted by Crippen LogP contribution is -2.25. The number of hydrogen-bond acceptors (Lipinski definition) is 0. The Bertz CT molecular complexity index is 272. The maximum absolute atomic E-state index is 2.32. The number of rotatable bonds is 13. The summed E-state index contributed by atoms with van der Waals surface area (Å²) in [6.07, 6.45) is 30.3. The smallest absolute Gasteiger partial charge is 0.0386 e. The summed E-state index contributed by atoms with van der Waals surface area (Å²) in [6.45, 7) is 4.64. The van der Waals surface area contributed by atoms with Crippen molar-refractivity contribution < 1.29 is 0 Å². The van der Waals surface area contributed by atoms with E-state index in [2.05, 4.69) is 13.8 Å². The average Bonchev–Trinajstić information content (AvgIpc) is 2.69. The molecule has 2 saturated carbocycles. The highest BCUT2D eigenvalue weighted by atomic mass is 14.4. The molecule has 154 valence electrons. The third-order valence-corrected chi connectivity index (χ3v) is 7.88. The van der Waals surface area contributed by atoms with Gasteiger partial charge in [0.2, 0.25) is 0 Å². The molecule has 0 spiro atoms. The van der Waals surface area contributed by atoms with Gasteiger partial charge in [0.15, 0.2) is 0 Å². The molecule has 0 heterocycles. The van der Waals surface area contributed by atoms with Crippen LogP contribution in [0.2, 0.25) is 0 Å². The van der Waals surface area contributed by atoms with Crippen molar-refractivity contribution in [3.63, 3.8) is 0 Å². The van der Waals surface area contributed by atoms with E-state index in [1.54, 1.807) is 64.2 Å². The van der Waals surface area contributed by atoms with E-state index in [1.807, 2.05) is 0 Å². The van der Waals surface area contributed by atoms with Gasteiger partial charge in [-0.3, -0.25) is 0 Å². The Morgan fingerprint density at radius 3 is 1.12 bits per heavy atom. The SMILES string of the molecule is CCCCCCCC1CCC([C@H]2CC[C@H](CCCCCCC)CC2)CC1. The van der Waals surface area contributed by atoms with Gasteiger partial charge < -0.3 is 0 Å². The summed E-state index contributed by atoms with van der Waals surface area (Å²) >= 11 is 0. The van der Waals surface area contributed by atoms with E-state index in [-0.39, 0.29) is 0 Å². The van der Waals surface area contributed by atoms with E-state index in [0.717, 1.165) is 23.7 Å². The van der Waals surface area contributed by atoms with Crippen LogP contribution in [0.4, 0.5) is 0 Å². The van der Waals surface area contributed by atoms with Crippen LogP contribution in [0.5, 0.6) is 0 Å². The molecule has 0 aromatic heterocycles. The lowest BCUT2D eigenvalue weighted by Gasteiger charge is -2.38. The van der Waals surface area contributed by atoms with Gasteiger partial charge in [0, 0.05) is 0 Å². The molecule has 0 unspecified atom stereocenters. The van der Waals surface area contributed by atoms with Crippen molar-refractivity contribution in [3.05, 3.63) is 0 Å². The Balaban J connectivity index is 1.50. The molecule has 26 heavy (non-hydrogen) atoms. The first-order valence-corrected chi connectivity index (χ1v) is 12.8. The molecule has 2 fully saturated rings. The molecule has 2 aliphatic carbocycles. The van der Waals surface area contributed by atoms with Gasteiger partial charge in [0.1, 0.15) is 0 Å². The molecule has 0 nitrogen and oxygen atoms in total. The molecular weight excluding hydrogens is 312 g/mol. The second kappa shape index (κ2) is 14.1. The Morgan fingerprint density at radius 2 is 0.769 bits per heavy atom. The molecule has 0 radical (unpaired) electrons. The molecular formula is C26H50. The minimum atomic E-state index is 1.09. The van der Waals surface area contributed by atoms with Crippen LogP contribution in [0.25, 0.3) is 0 Å². The highest BCUT2D eigenvalue weighted by Crippen LogP contribution is 2.43. The molecule has 0 heteroatoms. The molecule has 0 bridgehead atoms. The topological polar surface area (TPSA) is 0 Å². The van der Waals surface area contributed by atoms with Crippen molar-refractivity contribution >= 4 is 0 Å². The van der Waals surface area contributed by atoms with E-state index in [9.17, 15) is 0 Å². The minimum absolute atomic E-state index is 1.09. The molecule has 0 aliphatic heterocycles. The first kappa shape index (κ1) is 22.3. The highest BCUT2D eigenvalue weighted by molar-refractivity contribution is 4.82. The minimum Gasteiger partial charge on any atom is -0.0654 e. The van der Waals surface area contributed by atoms with Gasteiger partial charge in [-0.15, -0.1) is 0 Å². The quantitative estimate of drug-likeness (QED) is 0.286. The third kappa shape index (κ3) is 8.79. The van der Waals surface area contributed by atoms with E-state index >= 15 is 0 Å². The van der Waals surface area contributed by atoms with Crippen molar-refractivity contribution in [2.75, 3.05) is 0 Å². The van der Waals surface area contributed by atoms with Gasteiger partial charge in [-0.1, -0.05) is 117 Å². The Morgan fingerprint density at radius 1 is 0.423 bits per heavy atom. The van der Waals surface area contributed by atoms with Gasteiger partial charge in [-0.05, 0) is 49.4 Å². The Kier molecular flexibility index (Phi) is 12.1. The third-order valence-electron chi connectivity index (χ3n) is 7.88. The average molecular weight is 363 g/mol. The van der Waals surface area contributed by atoms with Crippen LogP contribution < -0.4 is 0 Å². The van der Waals surface area contributed by atoms with Gasteiger partial charge in [-0.25, -0.2) is 0 Å². The molecule has 2 aliphatic rings. The van der Waals surface area contributed by atoms with Crippen LogP contribution in [-0.4, -0.2) is 0 Å². The second-order valence-corrected chi connectivity index (χ2v) is 9.97. The van der Waals surface area contributed by atoms with Gasteiger partial charge in [-0.2, -0.15) is 0 Å². The summed E-state index contributed by atoms with van der Waals surface area (Å²) < 4.78 is 0. The number of unbranched alkanes of at least 4 members (excludes halogenated alkanes) is 8. The monoisotopic (exact) mass is 362 g/mol. The fourth-order valence-corrected chi connectivity index (χ4v) is 5.97. The summed E-state index contributed by atoms with van der Waals surface area (Å²) in [7, 11) is 0. The number of hydrogen-bond donors (Lipinski definition) is 0. The Hall–Kier alpha value is 0. The van der Waals surface area contributed by atoms with Crippen LogP contribution in [0.15, 0.2) is 0 Å². The summed E-state index contributed by atoms with van der Waals surface area (Å²) in [4.78, 5) is 0. The maximum Gasteiger partial charge on any atom is -0.0386 e. The molecule has 0 aromatic rings. The second-order valence-electron chi connectivity index (χ2n) is 9.97. The van der Waals surface area contributed by atoms with Gasteiger partial charge in [0.25, 0.3) is 0 Å². The lowest BCUT2D eigenvalue weighted by molar-refractivity contribution is 0.139. The van der Waals surface area contributed by atoms with Gasteiger partial charge in [0.05, 0.1) is 0 Å². The molecule has 2 rings (SSSR count). The van der Waals surface area contributed by atoms with Crippen LogP contribution >= 0.6 is 0 Å². The fourth-order valence-electron chi connectivity index (χ4n) is 5.97. The van der Waals surface area contributed by atoms with Crippen LogP contribution in [-0.2, 0) is 0 Å². The summed E-state index contributed by atoms with van der Waals surface area (Å²) in [5, 5.41) is 0. The Labute approximate surface area is 166 Å². The van der Waals surface area contributed by atoms with Gasteiger partial charge >= 0.3 is 0 Å². The normalized spacial score (nSPS) is 29.8. The molecule has 0 aromatic carbocycles. The standard InChI is InChI=1S/C26H50/c1-3-5-7-9-11-13-23-15-19-25(20-16-23)26-21-17-24(18-22-26)14-12-10-8-6-4-2/h23-26H,3-22H2,1-2H3/t23-,24?,25-,26?. The molecule has 0 saturated heterocycles. The first-order valence-electron chi connectivity index (χ1n) is 12.8. The van der Waals surface area contributed by atoms with Crippen LogP contribution in [0, 0.1) is 23.7 Å². The summed E-state index contributed by atoms with van der Waals surface area (Å²) in [5.41, 5.74) is 0. The van der Waals surface area contributed by atoms with Crippen molar-refractivity contribution in [3.8, 4) is 0 Å². The zero-order chi connectivity index (χ0) is 18.5. The largest absolute Gasteiger partial charge is 0.0654 e. The predicted molar refractivity (Wildman–Crippen MR) is 118 cm³/mol. The van der Waals surface area contributed by atoms with Crippen LogP contribution in [0.3, 0.4) is 0 Å². The van der Waals surface area contributed by atoms with E-state index < -0.39 is 0 Å². The van der Waals surface area contributed by atoms with Crippen molar-refractivity contribution in [2.24, 2.45) is 23.7 Å². The first-order chi connectivity index (χ1) is 12.8. The van der Waals surface area contributed by atoms with Crippen molar-refractivity contribution in [1.82, 2.24) is 0 Å². The predicted octanol–water partition coefficient (Wildman–Crippen LogP) is 9.32. The van der Waals surface area contributed by atoms with E-state index in [0.29, 0.717) is 0 Å². The molecule has 0 atom stereocenters. The van der Waals surface area contributed by atoms with Crippen LogP contribution in [0.1, 0.15) is 142 Å². The van der Waals surface area contributed by atoms with Crippen molar-refractivity contribution in [1.29, 1.82) is 0 Å².